The first-order chi connectivity index (χ1) is 13.2. The molecule has 0 saturated heterocycles. The molecule has 0 saturated carbocycles. The van der Waals surface area contributed by atoms with Gasteiger partial charge in [-0.2, -0.15) is 0 Å². The van der Waals surface area contributed by atoms with Gasteiger partial charge in [0.2, 0.25) is 5.91 Å². The molecule has 0 unspecified atom stereocenters. The molecule has 1 amide bonds. The highest BCUT2D eigenvalue weighted by atomic mass is 16.5. The van der Waals surface area contributed by atoms with Gasteiger partial charge in [-0.05, 0) is 43.0 Å². The zero-order valence-electron chi connectivity index (χ0n) is 16.0. The molecule has 0 aromatic heterocycles. The number of hydrogen-bond acceptors (Lipinski definition) is 4. The predicted molar refractivity (Wildman–Crippen MR) is 104 cm³/mol. The van der Waals surface area contributed by atoms with E-state index >= 15 is 0 Å². The Balaban J connectivity index is 1.48. The van der Waals surface area contributed by atoms with Crippen LogP contribution in [0.4, 0.5) is 0 Å². The summed E-state index contributed by atoms with van der Waals surface area (Å²) in [7, 11) is 3.49. The van der Waals surface area contributed by atoms with E-state index in [9.17, 15) is 4.79 Å². The van der Waals surface area contributed by atoms with Gasteiger partial charge >= 0.3 is 0 Å². The van der Waals surface area contributed by atoms with E-state index in [-0.39, 0.29) is 11.8 Å². The maximum atomic E-state index is 12.8. The quantitative estimate of drug-likeness (QED) is 0.700. The van der Waals surface area contributed by atoms with Crippen LogP contribution in [0.3, 0.4) is 0 Å². The Morgan fingerprint density at radius 1 is 1.15 bits per heavy atom. The van der Waals surface area contributed by atoms with Crippen molar-refractivity contribution >= 4 is 5.91 Å². The van der Waals surface area contributed by atoms with Crippen LogP contribution in [-0.2, 0) is 11.2 Å². The number of rotatable bonds is 7. The summed E-state index contributed by atoms with van der Waals surface area (Å²) in [6.07, 6.45) is 2.24. The lowest BCUT2D eigenvalue weighted by atomic mass is 9.95. The lowest BCUT2D eigenvalue weighted by Gasteiger charge is -2.22. The molecule has 0 fully saturated rings. The van der Waals surface area contributed by atoms with Crippen LogP contribution >= 0.6 is 0 Å². The summed E-state index contributed by atoms with van der Waals surface area (Å²) in [5, 5.41) is 0. The molecule has 3 rings (SSSR count). The zero-order valence-corrected chi connectivity index (χ0v) is 16.0. The summed E-state index contributed by atoms with van der Waals surface area (Å²) in [5.41, 5.74) is 1.11. The van der Waals surface area contributed by atoms with E-state index in [1.807, 2.05) is 60.5 Å². The van der Waals surface area contributed by atoms with Gasteiger partial charge in [-0.25, -0.2) is 0 Å². The van der Waals surface area contributed by atoms with Crippen molar-refractivity contribution < 1.29 is 19.0 Å². The van der Waals surface area contributed by atoms with Crippen molar-refractivity contribution in [3.63, 3.8) is 0 Å². The fourth-order valence-corrected chi connectivity index (χ4v) is 3.35. The molecular formula is C22H27NO4. The predicted octanol–water partition coefficient (Wildman–Crippen LogP) is 3.56. The number of fused-ring (bicyclic) bond motifs is 1. The largest absolute Gasteiger partial charge is 0.493 e. The molecule has 5 heteroatoms. The molecule has 1 aliphatic rings. The second-order valence-electron chi connectivity index (χ2n) is 6.76. The molecule has 1 heterocycles. The first-order valence-electron chi connectivity index (χ1n) is 9.40. The standard InChI is InChI=1S/C22H27NO4/c1-23(13-7-14-26-21-11-6-5-10-20(21)25-2)22(24)18-12-15-27-19-9-4-3-8-17(19)16-18/h3-6,8-11,18H,7,12-16H2,1-2H3/t18-/m1/s1. The number of ether oxygens (including phenoxy) is 3. The highest BCUT2D eigenvalue weighted by molar-refractivity contribution is 5.79. The van der Waals surface area contributed by atoms with Crippen molar-refractivity contribution in [2.45, 2.75) is 19.3 Å². The molecular weight excluding hydrogens is 342 g/mol. The van der Waals surface area contributed by atoms with Crippen LogP contribution in [0, 0.1) is 5.92 Å². The van der Waals surface area contributed by atoms with Gasteiger partial charge in [0, 0.05) is 19.5 Å². The maximum Gasteiger partial charge on any atom is 0.225 e. The normalized spacial score (nSPS) is 15.9. The molecule has 1 atom stereocenters. The van der Waals surface area contributed by atoms with Crippen LogP contribution in [0.2, 0.25) is 0 Å². The Hall–Kier alpha value is -2.69. The Kier molecular flexibility index (Phi) is 6.58. The van der Waals surface area contributed by atoms with Gasteiger partial charge in [-0.1, -0.05) is 30.3 Å². The minimum atomic E-state index is -0.0335. The van der Waals surface area contributed by atoms with Crippen LogP contribution in [-0.4, -0.2) is 44.7 Å². The summed E-state index contributed by atoms with van der Waals surface area (Å²) in [6.45, 7) is 1.78. The summed E-state index contributed by atoms with van der Waals surface area (Å²) in [6, 6.07) is 15.6. The van der Waals surface area contributed by atoms with Gasteiger partial charge in [0.15, 0.2) is 11.5 Å². The fourth-order valence-electron chi connectivity index (χ4n) is 3.35. The lowest BCUT2D eigenvalue weighted by molar-refractivity contribution is -0.134. The lowest BCUT2D eigenvalue weighted by Crippen LogP contribution is -2.35. The minimum Gasteiger partial charge on any atom is -0.493 e. The average molecular weight is 369 g/mol. The van der Waals surface area contributed by atoms with Crippen molar-refractivity contribution in [2.24, 2.45) is 5.92 Å². The molecule has 2 aromatic carbocycles. The Bertz CT molecular complexity index is 761. The van der Waals surface area contributed by atoms with Gasteiger partial charge in [0.05, 0.1) is 20.3 Å². The van der Waals surface area contributed by atoms with E-state index in [4.69, 9.17) is 14.2 Å². The molecule has 144 valence electrons. The molecule has 27 heavy (non-hydrogen) atoms. The topological polar surface area (TPSA) is 48.0 Å². The van der Waals surface area contributed by atoms with Crippen molar-refractivity contribution in [1.29, 1.82) is 0 Å². The summed E-state index contributed by atoms with van der Waals surface area (Å²) in [4.78, 5) is 14.6. The average Bonchev–Trinajstić information content (AvgIpc) is 2.93. The van der Waals surface area contributed by atoms with Gasteiger partial charge in [0.25, 0.3) is 0 Å². The number of amides is 1. The Morgan fingerprint density at radius 2 is 1.89 bits per heavy atom. The summed E-state index contributed by atoms with van der Waals surface area (Å²) >= 11 is 0. The van der Waals surface area contributed by atoms with E-state index in [0.29, 0.717) is 19.8 Å². The second kappa shape index (κ2) is 9.31. The smallest absolute Gasteiger partial charge is 0.225 e. The van der Waals surface area contributed by atoms with E-state index in [1.165, 1.54) is 0 Å². The third-order valence-electron chi connectivity index (χ3n) is 4.85. The van der Waals surface area contributed by atoms with Crippen molar-refractivity contribution in [3.05, 3.63) is 54.1 Å². The minimum absolute atomic E-state index is 0.0335. The first-order valence-corrected chi connectivity index (χ1v) is 9.40. The molecule has 0 spiro atoms. The number of nitrogens with zero attached hydrogens (tertiary/aromatic N) is 1. The number of hydrogen-bond donors (Lipinski definition) is 0. The van der Waals surface area contributed by atoms with Crippen LogP contribution < -0.4 is 14.2 Å². The number of para-hydroxylation sites is 3. The molecule has 5 nitrogen and oxygen atoms in total. The highest BCUT2D eigenvalue weighted by Gasteiger charge is 2.25. The van der Waals surface area contributed by atoms with Crippen LogP contribution in [0.5, 0.6) is 17.2 Å². The van der Waals surface area contributed by atoms with Crippen LogP contribution in [0.25, 0.3) is 0 Å². The van der Waals surface area contributed by atoms with Gasteiger partial charge in [0.1, 0.15) is 5.75 Å². The maximum absolute atomic E-state index is 12.8. The third kappa shape index (κ3) is 4.94. The molecule has 1 aliphatic heterocycles. The second-order valence-corrected chi connectivity index (χ2v) is 6.76. The van der Waals surface area contributed by atoms with Crippen molar-refractivity contribution in [1.82, 2.24) is 4.90 Å². The van der Waals surface area contributed by atoms with Crippen LogP contribution in [0.15, 0.2) is 48.5 Å². The number of methoxy groups -OCH3 is 1. The van der Waals surface area contributed by atoms with Crippen molar-refractivity contribution in [2.75, 3.05) is 33.9 Å². The SMILES string of the molecule is COc1ccccc1OCCCN(C)C(=O)[C@@H]1CCOc2ccccc2C1. The first kappa shape index (κ1) is 19.1. The highest BCUT2D eigenvalue weighted by Crippen LogP contribution is 2.28. The molecule has 0 aliphatic carbocycles. The van der Waals surface area contributed by atoms with Gasteiger partial charge in [-0.15, -0.1) is 0 Å². The number of benzene rings is 2. The van der Waals surface area contributed by atoms with E-state index in [2.05, 4.69) is 0 Å². The molecule has 0 N–H and O–H groups in total. The van der Waals surface area contributed by atoms with E-state index in [1.54, 1.807) is 7.11 Å². The van der Waals surface area contributed by atoms with Crippen LogP contribution in [0.1, 0.15) is 18.4 Å². The van der Waals surface area contributed by atoms with Gasteiger partial charge < -0.3 is 19.1 Å². The monoisotopic (exact) mass is 369 g/mol. The number of carbonyl (C=O) groups excluding carboxylic acids is 1. The van der Waals surface area contributed by atoms with Crippen molar-refractivity contribution in [3.8, 4) is 17.2 Å². The van der Waals surface area contributed by atoms with Gasteiger partial charge in [-0.3, -0.25) is 4.79 Å². The summed E-state index contributed by atoms with van der Waals surface area (Å²) in [5.74, 6) is 2.49. The molecule has 2 aromatic rings. The molecule has 0 radical (unpaired) electrons. The van der Waals surface area contributed by atoms with E-state index < -0.39 is 0 Å². The Labute approximate surface area is 160 Å². The number of carbonyl (C=O) groups is 1. The van der Waals surface area contributed by atoms with E-state index in [0.717, 1.165) is 42.1 Å². The Morgan fingerprint density at radius 3 is 2.70 bits per heavy atom. The molecule has 0 bridgehead atoms. The third-order valence-corrected chi connectivity index (χ3v) is 4.85. The summed E-state index contributed by atoms with van der Waals surface area (Å²) < 4.78 is 16.8. The zero-order chi connectivity index (χ0) is 19.1. The fraction of sp³-hybridized carbons (Fsp3) is 0.409.